The first kappa shape index (κ1) is 8.44. The fraction of sp³-hybridized carbons (Fsp3) is 0.800. The van der Waals surface area contributed by atoms with Gasteiger partial charge in [0.15, 0.2) is 0 Å². The van der Waals surface area contributed by atoms with Crippen molar-refractivity contribution < 1.29 is 4.79 Å². The van der Waals surface area contributed by atoms with Crippen LogP contribution >= 0.6 is 27.5 Å². The molecule has 0 rings (SSSR count). The first-order chi connectivity index (χ1) is 3.50. The van der Waals surface area contributed by atoms with Crippen LogP contribution in [0.2, 0.25) is 0 Å². The third-order valence-electron chi connectivity index (χ3n) is 0.985. The average Bonchev–Trinajstić information content (AvgIpc) is 1.67. The number of hydrogen-bond donors (Lipinski definition) is 0. The third-order valence-corrected chi connectivity index (χ3v) is 2.68. The largest absolute Gasteiger partial charge is 0.298 e. The summed E-state index contributed by atoms with van der Waals surface area (Å²) in [6.45, 7) is 3.26. The van der Waals surface area contributed by atoms with Crippen LogP contribution in [0, 0.1) is 0 Å². The van der Waals surface area contributed by atoms with Crippen LogP contribution in [0.1, 0.15) is 13.8 Å². The highest BCUT2D eigenvalue weighted by atomic mass is 79.9. The minimum atomic E-state index is -0.519. The zero-order valence-corrected chi connectivity index (χ0v) is 7.21. The second-order valence-corrected chi connectivity index (χ2v) is 3.90. The molecule has 48 valence electrons. The van der Waals surface area contributed by atoms with E-state index in [9.17, 15) is 4.79 Å². The highest BCUT2D eigenvalue weighted by Crippen LogP contribution is 2.19. The van der Waals surface area contributed by atoms with Crippen LogP contribution in [0.5, 0.6) is 0 Å². The van der Waals surface area contributed by atoms with Crippen molar-refractivity contribution in [2.24, 2.45) is 0 Å². The van der Waals surface area contributed by atoms with Gasteiger partial charge in [-0.05, 0) is 13.8 Å². The first-order valence-corrected chi connectivity index (χ1v) is 3.59. The summed E-state index contributed by atoms with van der Waals surface area (Å²) in [6, 6.07) is 0. The molecule has 0 bridgehead atoms. The van der Waals surface area contributed by atoms with Gasteiger partial charge in [0.1, 0.15) is 5.78 Å². The average molecular weight is 199 g/mol. The van der Waals surface area contributed by atoms with Crippen molar-refractivity contribution in [3.05, 3.63) is 0 Å². The lowest BCUT2D eigenvalue weighted by Crippen LogP contribution is -2.27. The molecule has 0 radical (unpaired) electrons. The molecule has 0 aromatic rings. The summed E-state index contributed by atoms with van der Waals surface area (Å²) in [7, 11) is 0. The van der Waals surface area contributed by atoms with Gasteiger partial charge >= 0.3 is 0 Å². The summed E-state index contributed by atoms with van der Waals surface area (Å²) in [6.07, 6.45) is 0. The number of carbonyl (C=O) groups excluding carboxylic acids is 1. The maximum absolute atomic E-state index is 10.6. The Morgan fingerprint density at radius 1 is 1.88 bits per heavy atom. The van der Waals surface area contributed by atoms with E-state index in [4.69, 9.17) is 11.6 Å². The van der Waals surface area contributed by atoms with E-state index in [1.54, 1.807) is 6.92 Å². The zero-order chi connectivity index (χ0) is 6.78. The predicted molar refractivity (Wildman–Crippen MR) is 38.7 cm³/mol. The molecule has 0 unspecified atom stereocenters. The van der Waals surface area contributed by atoms with Crippen LogP contribution in [0.4, 0.5) is 0 Å². The Morgan fingerprint density at radius 3 is 2.25 bits per heavy atom. The minimum Gasteiger partial charge on any atom is -0.298 e. The minimum absolute atomic E-state index is 0.0625. The highest BCUT2D eigenvalue weighted by Gasteiger charge is 2.23. The van der Waals surface area contributed by atoms with Crippen LogP contribution in [0.3, 0.4) is 0 Å². The molecule has 3 heteroatoms. The number of rotatable bonds is 2. The quantitative estimate of drug-likeness (QED) is 0.622. The molecule has 0 aromatic heterocycles. The normalized spacial score (nSPS) is 17.5. The Labute approximate surface area is 62.5 Å². The van der Waals surface area contributed by atoms with Crippen molar-refractivity contribution in [1.82, 2.24) is 0 Å². The predicted octanol–water partition coefficient (Wildman–Crippen LogP) is 1.97. The molecule has 0 spiro atoms. The van der Waals surface area contributed by atoms with Gasteiger partial charge in [0, 0.05) is 5.88 Å². The van der Waals surface area contributed by atoms with E-state index < -0.39 is 4.32 Å². The molecular weight excluding hydrogens is 191 g/mol. The van der Waals surface area contributed by atoms with Crippen molar-refractivity contribution in [3.63, 3.8) is 0 Å². The van der Waals surface area contributed by atoms with Gasteiger partial charge < -0.3 is 0 Å². The van der Waals surface area contributed by atoms with Gasteiger partial charge in [-0.2, -0.15) is 0 Å². The Morgan fingerprint density at radius 2 is 2.25 bits per heavy atom. The van der Waals surface area contributed by atoms with Gasteiger partial charge in [-0.25, -0.2) is 0 Å². The molecule has 0 aliphatic heterocycles. The van der Waals surface area contributed by atoms with Crippen LogP contribution in [-0.2, 0) is 4.79 Å². The molecule has 0 heterocycles. The fourth-order valence-corrected chi connectivity index (χ4v) is 0.282. The molecule has 1 atom stereocenters. The molecule has 0 saturated heterocycles. The summed E-state index contributed by atoms with van der Waals surface area (Å²) >= 11 is 8.58. The molecule has 0 amide bonds. The van der Waals surface area contributed by atoms with Gasteiger partial charge in [-0.3, -0.25) is 4.79 Å². The molecule has 1 nitrogen and oxygen atoms in total. The van der Waals surface area contributed by atoms with Crippen molar-refractivity contribution in [1.29, 1.82) is 0 Å². The van der Waals surface area contributed by atoms with Crippen molar-refractivity contribution in [3.8, 4) is 0 Å². The zero-order valence-electron chi connectivity index (χ0n) is 4.87. The summed E-state index contributed by atoms with van der Waals surface area (Å²) in [5.41, 5.74) is 0. The Hall–Kier alpha value is 0.440. The third kappa shape index (κ3) is 2.14. The van der Waals surface area contributed by atoms with E-state index in [2.05, 4.69) is 15.9 Å². The molecule has 0 fully saturated rings. The molecule has 8 heavy (non-hydrogen) atoms. The molecule has 0 saturated carbocycles. The number of ketones is 1. The number of hydrogen-bond acceptors (Lipinski definition) is 1. The second kappa shape index (κ2) is 2.83. The summed E-state index contributed by atoms with van der Waals surface area (Å²) in [5, 5.41) is 0. The van der Waals surface area contributed by atoms with E-state index in [0.29, 0.717) is 5.88 Å². The highest BCUT2D eigenvalue weighted by molar-refractivity contribution is 9.10. The maximum Gasteiger partial charge on any atom is 0.147 e. The smallest absolute Gasteiger partial charge is 0.147 e. The number of alkyl halides is 2. The van der Waals surface area contributed by atoms with Gasteiger partial charge in [0.05, 0.1) is 4.32 Å². The summed E-state index contributed by atoms with van der Waals surface area (Å²) in [5.74, 6) is 0.384. The van der Waals surface area contributed by atoms with Crippen LogP contribution in [0.15, 0.2) is 0 Å². The summed E-state index contributed by atoms with van der Waals surface area (Å²) < 4.78 is -0.519. The monoisotopic (exact) mass is 198 g/mol. The van der Waals surface area contributed by atoms with Crippen LogP contribution < -0.4 is 0 Å². The van der Waals surface area contributed by atoms with Crippen LogP contribution in [0.25, 0.3) is 0 Å². The lowest BCUT2D eigenvalue weighted by Gasteiger charge is -2.12. The van der Waals surface area contributed by atoms with E-state index in [0.717, 1.165) is 0 Å². The molecule has 0 aromatic carbocycles. The number of carbonyl (C=O) groups is 1. The summed E-state index contributed by atoms with van der Waals surface area (Å²) in [4.78, 5) is 10.6. The van der Waals surface area contributed by atoms with E-state index in [1.165, 1.54) is 6.92 Å². The lowest BCUT2D eigenvalue weighted by atomic mass is 10.1. The Kier molecular flexibility index (Phi) is 2.99. The lowest BCUT2D eigenvalue weighted by molar-refractivity contribution is -0.118. The van der Waals surface area contributed by atoms with E-state index in [1.807, 2.05) is 0 Å². The Balaban J connectivity index is 3.91. The Bertz CT molecular complexity index is 101. The molecular formula is C5H8BrClO. The van der Waals surface area contributed by atoms with Gasteiger partial charge in [-0.1, -0.05) is 15.9 Å². The van der Waals surface area contributed by atoms with Gasteiger partial charge in [-0.15, -0.1) is 11.6 Å². The number of halogens is 2. The van der Waals surface area contributed by atoms with Crippen LogP contribution in [-0.4, -0.2) is 16.0 Å². The van der Waals surface area contributed by atoms with E-state index >= 15 is 0 Å². The topological polar surface area (TPSA) is 17.1 Å². The maximum atomic E-state index is 10.6. The number of Topliss-reactive ketones (excluding diaryl/α,β-unsaturated/α-hetero) is 1. The van der Waals surface area contributed by atoms with Gasteiger partial charge in [0.25, 0.3) is 0 Å². The molecule has 0 aliphatic rings. The fourth-order valence-electron chi connectivity index (χ4n) is 0.0941. The second-order valence-electron chi connectivity index (χ2n) is 1.89. The molecule has 0 aliphatic carbocycles. The standard InChI is InChI=1S/C5H8BrClO/c1-4(8)5(2,6)3-7/h3H2,1-2H3/t5-/m0/s1. The van der Waals surface area contributed by atoms with E-state index in [-0.39, 0.29) is 5.78 Å². The van der Waals surface area contributed by atoms with Crippen molar-refractivity contribution in [2.45, 2.75) is 18.2 Å². The van der Waals surface area contributed by atoms with Crippen molar-refractivity contribution in [2.75, 3.05) is 5.88 Å². The van der Waals surface area contributed by atoms with Gasteiger partial charge in [0.2, 0.25) is 0 Å². The first-order valence-electron chi connectivity index (χ1n) is 2.26. The molecule has 0 N–H and O–H groups in total. The van der Waals surface area contributed by atoms with Crippen molar-refractivity contribution >= 4 is 33.3 Å². The SMILES string of the molecule is CC(=O)[C@@](C)(Br)CCl.